The first-order valence-corrected chi connectivity index (χ1v) is 8.63. The number of carboxylic acid groups (broad SMARTS) is 1. The van der Waals surface area contributed by atoms with Crippen molar-refractivity contribution in [2.45, 2.75) is 44.9 Å². The van der Waals surface area contributed by atoms with Crippen LogP contribution >= 0.6 is 0 Å². The van der Waals surface area contributed by atoms with Crippen LogP contribution in [-0.2, 0) is 9.59 Å². The second-order valence-electron chi connectivity index (χ2n) is 6.63. The third-order valence-corrected chi connectivity index (χ3v) is 4.79. The van der Waals surface area contributed by atoms with Crippen molar-refractivity contribution in [3.8, 4) is 5.75 Å². The van der Waals surface area contributed by atoms with Crippen molar-refractivity contribution in [3.63, 3.8) is 0 Å². The van der Waals surface area contributed by atoms with Crippen LogP contribution in [0, 0.1) is 5.92 Å². The molecule has 132 valence electrons. The van der Waals surface area contributed by atoms with Crippen LogP contribution in [0.2, 0.25) is 0 Å². The molecule has 1 amide bonds. The fourth-order valence-corrected chi connectivity index (χ4v) is 3.43. The fourth-order valence-electron chi connectivity index (χ4n) is 3.43. The summed E-state index contributed by atoms with van der Waals surface area (Å²) in [5, 5.41) is 8.82. The zero-order valence-corrected chi connectivity index (χ0v) is 14.5. The van der Waals surface area contributed by atoms with Crippen LogP contribution in [0.25, 0.3) is 0 Å². The van der Waals surface area contributed by atoms with Gasteiger partial charge in [0.05, 0.1) is 7.11 Å². The van der Waals surface area contributed by atoms with Crippen molar-refractivity contribution in [3.05, 3.63) is 29.8 Å². The Morgan fingerprint density at radius 3 is 2.83 bits per heavy atom. The van der Waals surface area contributed by atoms with E-state index in [1.54, 1.807) is 7.11 Å². The second kappa shape index (κ2) is 8.71. The van der Waals surface area contributed by atoms with Gasteiger partial charge >= 0.3 is 5.97 Å². The van der Waals surface area contributed by atoms with E-state index < -0.39 is 5.97 Å². The molecule has 0 aromatic heterocycles. The van der Waals surface area contributed by atoms with Gasteiger partial charge in [-0.25, -0.2) is 0 Å². The van der Waals surface area contributed by atoms with E-state index in [4.69, 9.17) is 9.84 Å². The number of nitrogens with zero attached hydrogens (tertiary/aromatic N) is 1. The Hall–Kier alpha value is -2.04. The quantitative estimate of drug-likeness (QED) is 0.831. The summed E-state index contributed by atoms with van der Waals surface area (Å²) in [7, 11) is 1.64. The third kappa shape index (κ3) is 4.98. The normalized spacial score (nSPS) is 18.9. The minimum atomic E-state index is -0.761. The van der Waals surface area contributed by atoms with Crippen molar-refractivity contribution < 1.29 is 19.4 Å². The molecule has 2 atom stereocenters. The van der Waals surface area contributed by atoms with E-state index in [1.165, 1.54) is 0 Å². The lowest BCUT2D eigenvalue weighted by atomic mass is 9.92. The molecule has 1 aliphatic heterocycles. The van der Waals surface area contributed by atoms with Gasteiger partial charge in [0.2, 0.25) is 5.91 Å². The molecule has 0 radical (unpaired) electrons. The number of carbonyl (C=O) groups excluding carboxylic acids is 1. The van der Waals surface area contributed by atoms with Crippen molar-refractivity contribution >= 4 is 11.9 Å². The highest BCUT2D eigenvalue weighted by atomic mass is 16.5. The number of likely N-dealkylation sites (tertiary alicyclic amines) is 1. The van der Waals surface area contributed by atoms with Crippen LogP contribution in [0.4, 0.5) is 0 Å². The average molecular weight is 333 g/mol. The molecular formula is C19H27NO4. The molecule has 5 nitrogen and oxygen atoms in total. The first-order valence-electron chi connectivity index (χ1n) is 8.63. The molecule has 0 aliphatic carbocycles. The molecule has 1 aromatic carbocycles. The van der Waals surface area contributed by atoms with Gasteiger partial charge in [-0.3, -0.25) is 9.59 Å². The van der Waals surface area contributed by atoms with Gasteiger partial charge in [0.25, 0.3) is 0 Å². The molecule has 1 aliphatic rings. The summed E-state index contributed by atoms with van der Waals surface area (Å²) in [6.45, 7) is 3.51. The Bertz CT molecular complexity index is 572. The molecule has 0 spiro atoms. The maximum atomic E-state index is 12.6. The zero-order valence-electron chi connectivity index (χ0n) is 14.5. The SMILES string of the molecule is COc1ccccc1C(C)CC(=O)N1CCCC(CCC(=O)O)C1. The van der Waals surface area contributed by atoms with E-state index in [-0.39, 0.29) is 18.2 Å². The van der Waals surface area contributed by atoms with Crippen LogP contribution in [-0.4, -0.2) is 42.1 Å². The Labute approximate surface area is 143 Å². The van der Waals surface area contributed by atoms with Gasteiger partial charge in [-0.15, -0.1) is 0 Å². The van der Waals surface area contributed by atoms with Crippen molar-refractivity contribution in [1.29, 1.82) is 0 Å². The molecule has 2 unspecified atom stereocenters. The molecule has 1 fully saturated rings. The number of ether oxygens (including phenoxy) is 1. The fraction of sp³-hybridized carbons (Fsp3) is 0.579. The van der Waals surface area contributed by atoms with E-state index in [1.807, 2.05) is 36.1 Å². The number of carboxylic acids is 1. The van der Waals surface area contributed by atoms with E-state index in [0.29, 0.717) is 25.3 Å². The molecule has 1 N–H and O–H groups in total. The van der Waals surface area contributed by atoms with Crippen LogP contribution < -0.4 is 4.74 Å². The number of methoxy groups -OCH3 is 1. The first-order chi connectivity index (χ1) is 11.5. The molecule has 0 saturated carbocycles. The number of carbonyl (C=O) groups is 2. The van der Waals surface area contributed by atoms with Crippen molar-refractivity contribution in [1.82, 2.24) is 4.90 Å². The van der Waals surface area contributed by atoms with Gasteiger partial charge in [-0.2, -0.15) is 0 Å². The summed E-state index contributed by atoms with van der Waals surface area (Å²) in [5.41, 5.74) is 1.05. The van der Waals surface area contributed by atoms with Crippen LogP contribution in [0.5, 0.6) is 5.75 Å². The number of hydrogen-bond acceptors (Lipinski definition) is 3. The number of rotatable bonds is 7. The van der Waals surface area contributed by atoms with E-state index in [0.717, 1.165) is 30.7 Å². The van der Waals surface area contributed by atoms with Crippen molar-refractivity contribution in [2.24, 2.45) is 5.92 Å². The number of piperidine rings is 1. The summed E-state index contributed by atoms with van der Waals surface area (Å²) >= 11 is 0. The highest BCUT2D eigenvalue weighted by molar-refractivity contribution is 5.77. The Morgan fingerprint density at radius 2 is 2.12 bits per heavy atom. The number of aliphatic carboxylic acids is 1. The van der Waals surface area contributed by atoms with Gasteiger partial charge in [0, 0.05) is 25.9 Å². The smallest absolute Gasteiger partial charge is 0.303 e. The molecule has 24 heavy (non-hydrogen) atoms. The lowest BCUT2D eigenvalue weighted by molar-refractivity contribution is -0.137. The number of para-hydroxylation sites is 1. The van der Waals surface area contributed by atoms with Crippen molar-refractivity contribution in [2.75, 3.05) is 20.2 Å². The minimum absolute atomic E-state index is 0.0908. The molecule has 5 heteroatoms. The van der Waals surface area contributed by atoms with Crippen LogP contribution in [0.15, 0.2) is 24.3 Å². The molecular weight excluding hydrogens is 306 g/mol. The number of amides is 1. The van der Waals surface area contributed by atoms with Gasteiger partial charge in [-0.05, 0) is 42.7 Å². The largest absolute Gasteiger partial charge is 0.496 e. The predicted molar refractivity (Wildman–Crippen MR) is 92.2 cm³/mol. The highest BCUT2D eigenvalue weighted by Gasteiger charge is 2.25. The maximum Gasteiger partial charge on any atom is 0.303 e. The number of benzene rings is 1. The topological polar surface area (TPSA) is 66.8 Å². The molecule has 1 heterocycles. The lowest BCUT2D eigenvalue weighted by Gasteiger charge is -2.33. The molecule has 2 rings (SSSR count). The number of hydrogen-bond donors (Lipinski definition) is 1. The summed E-state index contributed by atoms with van der Waals surface area (Å²) in [6.07, 6.45) is 3.26. The highest BCUT2D eigenvalue weighted by Crippen LogP contribution is 2.30. The molecule has 1 saturated heterocycles. The Morgan fingerprint density at radius 1 is 1.38 bits per heavy atom. The van der Waals surface area contributed by atoms with E-state index >= 15 is 0 Å². The van der Waals surface area contributed by atoms with Gasteiger partial charge in [0.15, 0.2) is 0 Å². The maximum absolute atomic E-state index is 12.6. The zero-order chi connectivity index (χ0) is 17.5. The first kappa shape index (κ1) is 18.3. The van der Waals surface area contributed by atoms with E-state index in [2.05, 4.69) is 0 Å². The summed E-state index contributed by atoms with van der Waals surface area (Å²) in [4.78, 5) is 25.3. The Kier molecular flexibility index (Phi) is 6.64. The summed E-state index contributed by atoms with van der Waals surface area (Å²) in [5.74, 6) is 0.598. The Balaban J connectivity index is 1.92. The van der Waals surface area contributed by atoms with Gasteiger partial charge in [-0.1, -0.05) is 25.1 Å². The minimum Gasteiger partial charge on any atom is -0.496 e. The van der Waals surface area contributed by atoms with E-state index in [9.17, 15) is 9.59 Å². The standard InChI is InChI=1S/C19H27NO4/c1-14(16-7-3-4-8-17(16)24-2)12-18(21)20-11-5-6-15(13-20)9-10-19(22)23/h3-4,7-8,14-15H,5-6,9-13H2,1-2H3,(H,22,23). The van der Waals surface area contributed by atoms with Gasteiger partial charge in [0.1, 0.15) is 5.75 Å². The molecule has 0 bridgehead atoms. The summed E-state index contributed by atoms with van der Waals surface area (Å²) in [6, 6.07) is 7.80. The van der Waals surface area contributed by atoms with Crippen LogP contribution in [0.1, 0.15) is 50.5 Å². The lowest BCUT2D eigenvalue weighted by Crippen LogP contribution is -2.40. The molecule has 1 aromatic rings. The monoisotopic (exact) mass is 333 g/mol. The third-order valence-electron chi connectivity index (χ3n) is 4.79. The second-order valence-corrected chi connectivity index (χ2v) is 6.63. The average Bonchev–Trinajstić information content (AvgIpc) is 2.60. The summed E-state index contributed by atoms with van der Waals surface area (Å²) < 4.78 is 5.38. The van der Waals surface area contributed by atoms with Crippen LogP contribution in [0.3, 0.4) is 0 Å². The predicted octanol–water partition coefficient (Wildman–Crippen LogP) is 3.29. The van der Waals surface area contributed by atoms with Gasteiger partial charge < -0.3 is 14.7 Å².